The molecule has 0 heterocycles. The van der Waals surface area contributed by atoms with E-state index in [4.69, 9.17) is 9.66 Å². The Hall–Kier alpha value is 0.0800. The second-order valence-electron chi connectivity index (χ2n) is 7.12. The fraction of sp³-hybridized carbons (Fsp3) is 0.857. The third-order valence-corrected chi connectivity index (χ3v) is 4.98. The molecule has 29 heavy (non-hydrogen) atoms. The van der Waals surface area contributed by atoms with Crippen molar-refractivity contribution in [3.05, 3.63) is 12.2 Å². The number of unbranched alkanes of at least 4 members (excludes halogenated alkanes) is 11. The molecule has 0 aliphatic heterocycles. The molecule has 0 spiro atoms. The van der Waals surface area contributed by atoms with E-state index in [2.05, 4.69) is 24.4 Å². The maximum Gasteiger partial charge on any atom is 0.303 e. The zero-order chi connectivity index (χ0) is 21.5. The molecule has 0 aromatic heterocycles. The van der Waals surface area contributed by atoms with Crippen molar-refractivity contribution in [1.29, 1.82) is 0 Å². The zero-order valence-electron chi connectivity index (χ0n) is 19.0. The van der Waals surface area contributed by atoms with Crippen molar-refractivity contribution in [1.82, 2.24) is 5.32 Å². The van der Waals surface area contributed by atoms with Gasteiger partial charge < -0.3 is 10.4 Å². The summed E-state index contributed by atoms with van der Waals surface area (Å²) in [7, 11) is -2.13. The van der Waals surface area contributed by atoms with Gasteiger partial charge in [0.1, 0.15) is 0 Å². The third kappa shape index (κ3) is 39.2. The van der Waals surface area contributed by atoms with Gasteiger partial charge in [-0.05, 0) is 39.2 Å². The predicted octanol–water partition coefficient (Wildman–Crippen LogP) is 4.82. The molecule has 0 atom stereocenters. The van der Waals surface area contributed by atoms with Gasteiger partial charge in [-0.15, -0.1) is 0 Å². The van der Waals surface area contributed by atoms with Crippen molar-refractivity contribution in [2.24, 2.45) is 0 Å². The monoisotopic (exact) mass is 444 g/mol. The number of carbonyl (C=O) groups is 1. The maximum atomic E-state index is 10.3. The number of carboxylic acid groups (broad SMARTS) is 1. The Morgan fingerprint density at radius 2 is 1.31 bits per heavy atom. The van der Waals surface area contributed by atoms with Crippen LogP contribution in [0.5, 0.6) is 0 Å². The van der Waals surface area contributed by atoms with Crippen LogP contribution >= 0.6 is 0 Å². The number of hydrogen-bond donors (Lipinski definition) is 3. The van der Waals surface area contributed by atoms with Gasteiger partial charge in [-0.3, -0.25) is 9.35 Å². The summed E-state index contributed by atoms with van der Waals surface area (Å²) in [6, 6.07) is 0. The average molecular weight is 445 g/mol. The van der Waals surface area contributed by atoms with Crippen LogP contribution < -0.4 is 5.32 Å². The van der Waals surface area contributed by atoms with E-state index in [1.54, 1.807) is 7.05 Å². The first-order chi connectivity index (χ1) is 13.3. The third-order valence-electron chi connectivity index (χ3n) is 4.26. The molecule has 0 aromatic rings. The van der Waals surface area contributed by atoms with Crippen LogP contribution in [0.1, 0.15) is 96.8 Å². The summed E-state index contributed by atoms with van der Waals surface area (Å²) >= 11 is 0. The Bertz CT molecular complexity index is 470. The number of rotatable bonds is 18. The summed E-state index contributed by atoms with van der Waals surface area (Å²) < 4.78 is 27.9. The van der Waals surface area contributed by atoms with E-state index in [9.17, 15) is 13.2 Å². The van der Waals surface area contributed by atoms with E-state index in [1.165, 1.54) is 70.6 Å². The van der Waals surface area contributed by atoms with Crippen molar-refractivity contribution >= 4 is 45.6 Å². The van der Waals surface area contributed by atoms with E-state index in [0.29, 0.717) is 13.0 Å². The first-order valence-corrected chi connectivity index (χ1v) is 12.4. The van der Waals surface area contributed by atoms with Gasteiger partial charge in [-0.25, -0.2) is 0 Å². The molecule has 0 aliphatic carbocycles. The van der Waals surface area contributed by atoms with Gasteiger partial charge in [0.25, 0.3) is 10.1 Å². The first kappa shape index (κ1) is 33.7. The zero-order valence-corrected chi connectivity index (χ0v) is 21.8. The number of nitrogens with one attached hydrogen (secondary N) is 1. The van der Waals surface area contributed by atoms with Crippen LogP contribution in [0.2, 0.25) is 0 Å². The Balaban J connectivity index is -0.000000636. The van der Waals surface area contributed by atoms with Crippen molar-refractivity contribution in [3.63, 3.8) is 0 Å². The topological polar surface area (TPSA) is 104 Å². The number of carboxylic acids is 1. The van der Waals surface area contributed by atoms with Crippen LogP contribution in [0.15, 0.2) is 12.2 Å². The molecule has 8 heteroatoms. The van der Waals surface area contributed by atoms with Crippen molar-refractivity contribution in [3.8, 4) is 0 Å². The molecule has 3 N–H and O–H groups in total. The van der Waals surface area contributed by atoms with Crippen LogP contribution in [-0.4, -0.2) is 72.9 Å². The summed E-state index contributed by atoms with van der Waals surface area (Å²) in [6.07, 6.45) is 21.2. The molecule has 0 unspecified atom stereocenters. The minimum absolute atomic E-state index is 0. The van der Waals surface area contributed by atoms with Gasteiger partial charge >= 0.3 is 5.97 Å². The van der Waals surface area contributed by atoms with Crippen LogP contribution in [0, 0.1) is 0 Å². The van der Waals surface area contributed by atoms with E-state index in [-0.39, 0.29) is 35.3 Å². The molecule has 0 saturated heterocycles. The van der Waals surface area contributed by atoms with E-state index < -0.39 is 16.1 Å². The van der Waals surface area contributed by atoms with E-state index in [1.807, 2.05) is 0 Å². The molecule has 0 saturated carbocycles. The second-order valence-corrected chi connectivity index (χ2v) is 8.69. The standard InChI is InChI=1S/C18H34O2.C3H9NO3S.Na/c1-2-3-4-5-6-7-8-9-10-11-12-13-14-15-16-17-18(19)20;1-4-2-3-8(5,6)7;/h9-10H,2-8,11-17H2,1H3,(H,19,20);4H,2-3H2,1H3,(H,5,6,7);/b10-9-;;. The van der Waals surface area contributed by atoms with Crippen LogP contribution in [0.4, 0.5) is 0 Å². The molecule has 0 rings (SSSR count). The molecular formula is C21H43NNaO5S. The van der Waals surface area contributed by atoms with Gasteiger partial charge in [-0.1, -0.05) is 70.4 Å². The van der Waals surface area contributed by atoms with Crippen LogP contribution in [0.3, 0.4) is 0 Å². The summed E-state index contributed by atoms with van der Waals surface area (Å²) in [6.45, 7) is 2.55. The maximum absolute atomic E-state index is 10.3. The fourth-order valence-corrected chi connectivity index (χ4v) is 3.04. The minimum atomic E-state index is -3.75. The largest absolute Gasteiger partial charge is 0.481 e. The predicted molar refractivity (Wildman–Crippen MR) is 123 cm³/mol. The van der Waals surface area contributed by atoms with Crippen LogP contribution in [-0.2, 0) is 14.9 Å². The molecule has 0 aromatic carbocycles. The molecule has 0 fully saturated rings. The molecule has 0 bridgehead atoms. The quantitative estimate of drug-likeness (QED) is 0.121. The van der Waals surface area contributed by atoms with Crippen molar-refractivity contribution in [2.45, 2.75) is 96.8 Å². The number of hydrogen-bond acceptors (Lipinski definition) is 4. The van der Waals surface area contributed by atoms with Crippen molar-refractivity contribution < 1.29 is 22.9 Å². The van der Waals surface area contributed by atoms with Crippen molar-refractivity contribution in [2.75, 3.05) is 19.3 Å². The summed E-state index contributed by atoms with van der Waals surface area (Å²) in [5.74, 6) is -0.883. The fourth-order valence-electron chi connectivity index (χ4n) is 2.58. The van der Waals surface area contributed by atoms with Crippen LogP contribution in [0.25, 0.3) is 0 Å². The Morgan fingerprint density at radius 3 is 1.69 bits per heavy atom. The minimum Gasteiger partial charge on any atom is -0.481 e. The molecule has 169 valence electrons. The summed E-state index contributed by atoms with van der Waals surface area (Å²) in [4.78, 5) is 10.3. The second kappa shape index (κ2) is 26.1. The van der Waals surface area contributed by atoms with E-state index in [0.717, 1.165) is 12.8 Å². The Morgan fingerprint density at radius 1 is 0.862 bits per heavy atom. The first-order valence-electron chi connectivity index (χ1n) is 10.8. The molecular weight excluding hydrogens is 401 g/mol. The molecule has 1 radical (unpaired) electrons. The van der Waals surface area contributed by atoms with E-state index >= 15 is 0 Å². The Labute approximate surface area is 201 Å². The van der Waals surface area contributed by atoms with Gasteiger partial charge in [0, 0.05) is 42.5 Å². The Kier molecular flexibility index (Phi) is 30.4. The smallest absolute Gasteiger partial charge is 0.303 e. The summed E-state index contributed by atoms with van der Waals surface area (Å²) in [5.41, 5.74) is 0. The number of allylic oxidation sites excluding steroid dienone is 2. The molecule has 6 nitrogen and oxygen atoms in total. The molecule has 0 aliphatic rings. The normalized spacial score (nSPS) is 11.0. The van der Waals surface area contributed by atoms with Gasteiger partial charge in [0.05, 0.1) is 5.75 Å². The summed E-state index contributed by atoms with van der Waals surface area (Å²) in [5, 5.41) is 11.1. The van der Waals surface area contributed by atoms with Gasteiger partial charge in [0.2, 0.25) is 0 Å². The van der Waals surface area contributed by atoms with Gasteiger partial charge in [-0.2, -0.15) is 8.42 Å². The molecule has 0 amide bonds. The number of aliphatic carboxylic acids is 1. The van der Waals surface area contributed by atoms with Gasteiger partial charge in [0.15, 0.2) is 0 Å². The average Bonchev–Trinajstić information content (AvgIpc) is 2.63. The SMILES string of the molecule is CCCCCCCC/C=C\CCCCCCCC(=O)O.CNCCS(=O)(=O)O.[Na].